The minimum Gasteiger partial charge on any atom is -0.365 e. The Morgan fingerprint density at radius 1 is 1.33 bits per heavy atom. The number of thiazole rings is 1. The van der Waals surface area contributed by atoms with Crippen molar-refractivity contribution < 1.29 is 9.53 Å². The van der Waals surface area contributed by atoms with Crippen LogP contribution in [0.2, 0.25) is 0 Å². The van der Waals surface area contributed by atoms with Gasteiger partial charge in [0.25, 0.3) is 11.0 Å². The van der Waals surface area contributed by atoms with Crippen LogP contribution < -0.4 is 10.2 Å². The summed E-state index contributed by atoms with van der Waals surface area (Å²) in [6.07, 6.45) is 2.62. The van der Waals surface area contributed by atoms with Crippen molar-refractivity contribution in [3.63, 3.8) is 0 Å². The highest BCUT2D eigenvalue weighted by atomic mass is 32.1. The zero-order chi connectivity index (χ0) is 14.4. The Hall–Kier alpha value is -1.50. The maximum Gasteiger partial charge on any atom is 0.287 e. The molecular formula is C15H18N3O2S+. The number of carbonyl (C=O) groups excluding carboxylic acids is 1. The molecule has 3 heterocycles. The number of rotatable bonds is 3. The number of morpholine rings is 1. The molecule has 0 aliphatic carbocycles. The lowest BCUT2D eigenvalue weighted by Gasteiger charge is -2.40. The molecule has 2 atom stereocenters. The van der Waals surface area contributed by atoms with Crippen LogP contribution in [0.15, 0.2) is 24.3 Å². The molecule has 0 radical (unpaired) electrons. The minimum atomic E-state index is -0.268. The van der Waals surface area contributed by atoms with Gasteiger partial charge in [-0.2, -0.15) is 4.98 Å². The zero-order valence-electron chi connectivity index (χ0n) is 11.7. The summed E-state index contributed by atoms with van der Waals surface area (Å²) in [5.74, 6) is -0.268. The molecule has 2 fully saturated rings. The Bertz CT molecular complexity index is 654. The Labute approximate surface area is 126 Å². The number of quaternary nitrogens is 1. The molecule has 1 aromatic carbocycles. The molecule has 2 aliphatic heterocycles. The van der Waals surface area contributed by atoms with Gasteiger partial charge < -0.3 is 10.5 Å². The Kier molecular flexibility index (Phi) is 2.99. The summed E-state index contributed by atoms with van der Waals surface area (Å²) in [6.45, 7) is 1.93. The summed E-state index contributed by atoms with van der Waals surface area (Å²) < 4.78 is 7.66. The number of aromatic nitrogens is 1. The van der Waals surface area contributed by atoms with Crippen LogP contribution >= 0.6 is 11.3 Å². The summed E-state index contributed by atoms with van der Waals surface area (Å²) in [7, 11) is 0. The summed E-state index contributed by atoms with van der Waals surface area (Å²) in [5.41, 5.74) is 6.53. The van der Waals surface area contributed by atoms with Crippen LogP contribution in [0.3, 0.4) is 0 Å². The number of primary amides is 1. The molecule has 0 saturated carbocycles. The van der Waals surface area contributed by atoms with Crippen molar-refractivity contribution in [2.24, 2.45) is 5.73 Å². The van der Waals surface area contributed by atoms with Gasteiger partial charge in [-0.05, 0) is 25.0 Å². The largest absolute Gasteiger partial charge is 0.365 e. The molecule has 110 valence electrons. The number of hydrogen-bond donors (Lipinski definition) is 1. The molecule has 2 N–H and O–H groups in total. The van der Waals surface area contributed by atoms with Crippen molar-refractivity contribution in [3.05, 3.63) is 24.3 Å². The minimum absolute atomic E-state index is 0.232. The van der Waals surface area contributed by atoms with E-state index >= 15 is 0 Å². The van der Waals surface area contributed by atoms with Gasteiger partial charge in [-0.1, -0.05) is 23.5 Å². The fourth-order valence-corrected chi connectivity index (χ4v) is 4.73. The average Bonchev–Trinajstić information content (AvgIpc) is 3.02. The van der Waals surface area contributed by atoms with Crippen LogP contribution in [0, 0.1) is 0 Å². The molecule has 2 unspecified atom stereocenters. The summed E-state index contributed by atoms with van der Waals surface area (Å²) in [4.78, 5) is 16.4. The second-order valence-corrected chi connectivity index (χ2v) is 7.07. The van der Waals surface area contributed by atoms with Crippen molar-refractivity contribution >= 4 is 32.6 Å². The zero-order valence-corrected chi connectivity index (χ0v) is 12.5. The number of hydrogen-bond acceptors (Lipinski definition) is 4. The van der Waals surface area contributed by atoms with Gasteiger partial charge >= 0.3 is 0 Å². The number of likely N-dealkylation sites (tertiary alicyclic amines) is 1. The van der Waals surface area contributed by atoms with E-state index in [1.54, 1.807) is 11.3 Å². The predicted molar refractivity (Wildman–Crippen MR) is 83.1 cm³/mol. The fourth-order valence-electron chi connectivity index (χ4n) is 3.62. The molecule has 0 spiro atoms. The first-order chi connectivity index (χ1) is 10.1. The lowest BCUT2D eigenvalue weighted by atomic mass is 10.2. The molecule has 1 aromatic heterocycles. The molecule has 1 amide bonds. The lowest BCUT2D eigenvalue weighted by molar-refractivity contribution is -0.121. The molecule has 21 heavy (non-hydrogen) atoms. The van der Waals surface area contributed by atoms with Gasteiger partial charge in [0, 0.05) is 0 Å². The van der Waals surface area contributed by atoms with Gasteiger partial charge in [-0.15, -0.1) is 0 Å². The van der Waals surface area contributed by atoms with Crippen LogP contribution in [-0.2, 0) is 9.53 Å². The van der Waals surface area contributed by atoms with Gasteiger partial charge in [0.15, 0.2) is 6.54 Å². The van der Waals surface area contributed by atoms with Crippen molar-refractivity contribution in [2.75, 3.05) is 19.6 Å². The first kappa shape index (κ1) is 13.2. The van der Waals surface area contributed by atoms with E-state index in [-0.39, 0.29) is 18.1 Å². The van der Waals surface area contributed by atoms with Gasteiger partial charge in [-0.25, -0.2) is 0 Å². The standard InChI is InChI=1S/C15H17N3O2S/c16-14(19)9-18(7-10-5-6-11(8-18)20-10)15-17-12-3-1-2-4-13(12)21-15/h1-4,10-11H,5-9H2,(H-,16,19)/p+1. The number of nitrogens with zero attached hydrogens (tertiary/aromatic N) is 2. The van der Waals surface area contributed by atoms with Crippen molar-refractivity contribution in [3.8, 4) is 0 Å². The highest BCUT2D eigenvalue weighted by Crippen LogP contribution is 2.39. The van der Waals surface area contributed by atoms with Crippen LogP contribution in [0.25, 0.3) is 10.2 Å². The Morgan fingerprint density at radius 3 is 2.71 bits per heavy atom. The number of para-hydroxylation sites is 1. The maximum atomic E-state index is 11.6. The molecule has 2 saturated heterocycles. The van der Waals surface area contributed by atoms with E-state index < -0.39 is 0 Å². The third-order valence-corrected chi connectivity index (χ3v) is 5.67. The van der Waals surface area contributed by atoms with Crippen molar-refractivity contribution in [2.45, 2.75) is 25.0 Å². The van der Waals surface area contributed by atoms with Crippen LogP contribution in [0.5, 0.6) is 0 Å². The molecule has 4 rings (SSSR count). The average molecular weight is 304 g/mol. The molecular weight excluding hydrogens is 286 g/mol. The summed E-state index contributed by atoms with van der Waals surface area (Å²) in [5, 5.41) is 0.996. The number of fused-ring (bicyclic) bond motifs is 3. The highest BCUT2D eigenvalue weighted by molar-refractivity contribution is 7.22. The molecule has 5 nitrogen and oxygen atoms in total. The van der Waals surface area contributed by atoms with Gasteiger partial charge in [-0.3, -0.25) is 9.28 Å². The van der Waals surface area contributed by atoms with Gasteiger partial charge in [0.1, 0.15) is 25.3 Å². The van der Waals surface area contributed by atoms with Crippen molar-refractivity contribution in [1.82, 2.24) is 9.47 Å². The maximum absolute atomic E-state index is 11.6. The van der Waals surface area contributed by atoms with E-state index in [0.29, 0.717) is 11.0 Å². The number of ether oxygens (including phenoxy) is 1. The predicted octanol–water partition coefficient (Wildman–Crippen LogP) is 1.65. The normalized spacial score (nSPS) is 31.6. The van der Waals surface area contributed by atoms with Crippen LogP contribution in [0.1, 0.15) is 12.8 Å². The molecule has 2 bridgehead atoms. The molecule has 2 aromatic rings. The fraction of sp³-hybridized carbons (Fsp3) is 0.467. The summed E-state index contributed by atoms with van der Waals surface area (Å²) >= 11 is 1.67. The number of carbonyl (C=O) groups is 1. The monoisotopic (exact) mass is 304 g/mol. The summed E-state index contributed by atoms with van der Waals surface area (Å²) in [6, 6.07) is 8.11. The highest BCUT2D eigenvalue weighted by Gasteiger charge is 2.48. The third-order valence-electron chi connectivity index (χ3n) is 4.45. The van der Waals surface area contributed by atoms with E-state index in [1.807, 2.05) is 18.2 Å². The van der Waals surface area contributed by atoms with E-state index in [1.165, 1.54) is 0 Å². The number of amides is 1. The number of benzene rings is 1. The van der Waals surface area contributed by atoms with Gasteiger partial charge in [0.05, 0.1) is 10.2 Å². The first-order valence-corrected chi connectivity index (χ1v) is 8.12. The van der Waals surface area contributed by atoms with E-state index in [2.05, 4.69) is 6.07 Å². The smallest absolute Gasteiger partial charge is 0.287 e. The van der Waals surface area contributed by atoms with E-state index in [0.717, 1.165) is 41.3 Å². The third kappa shape index (κ3) is 2.23. The second-order valence-electron chi connectivity index (χ2n) is 6.06. The lowest BCUT2D eigenvalue weighted by Crippen LogP contribution is -2.62. The SMILES string of the molecule is NC(=O)C[N+]1(c2nc3ccccc3s2)CC2CCC(C1)O2. The number of nitrogens with two attached hydrogens (primary N) is 1. The van der Waals surface area contributed by atoms with Gasteiger partial charge in [0.2, 0.25) is 0 Å². The van der Waals surface area contributed by atoms with E-state index in [9.17, 15) is 4.79 Å². The van der Waals surface area contributed by atoms with Crippen LogP contribution in [0.4, 0.5) is 5.13 Å². The van der Waals surface area contributed by atoms with Crippen molar-refractivity contribution in [1.29, 1.82) is 0 Å². The molecule has 2 aliphatic rings. The van der Waals surface area contributed by atoms with Crippen LogP contribution in [-0.4, -0.2) is 42.7 Å². The molecule has 6 heteroatoms. The first-order valence-electron chi connectivity index (χ1n) is 7.31. The topological polar surface area (TPSA) is 65.2 Å². The van der Waals surface area contributed by atoms with E-state index in [4.69, 9.17) is 15.5 Å². The Morgan fingerprint density at radius 2 is 2.05 bits per heavy atom. The second kappa shape index (κ2) is 4.76. The Balaban J connectivity index is 1.80. The quantitative estimate of drug-likeness (QED) is 0.877.